The van der Waals surface area contributed by atoms with Crippen molar-refractivity contribution in [3.05, 3.63) is 61.2 Å². The number of methoxy groups -OCH3 is 1. The highest BCUT2D eigenvalue weighted by Gasteiger charge is 2.21. The first-order valence-electron chi connectivity index (χ1n) is 8.62. The van der Waals surface area contributed by atoms with Gasteiger partial charge in [-0.05, 0) is 46.9 Å². The third-order valence-corrected chi connectivity index (χ3v) is 5.58. The van der Waals surface area contributed by atoms with E-state index in [4.69, 9.17) is 26.4 Å². The van der Waals surface area contributed by atoms with Gasteiger partial charge in [0.05, 0.1) is 34.4 Å². The standard InChI is InChI=1S/C19H17IN2O6S/c1-26-16-11-13(18(29)21-6-8-27-9-7-21)10-15(20)17(16)28-19(23)12-2-4-14(5-3-12)22(24)25/h2-5,10-11H,6-9H2,1H3. The second-order valence-electron chi connectivity index (χ2n) is 6.09. The molecule has 0 atom stereocenters. The van der Waals surface area contributed by atoms with Crippen LogP contribution >= 0.6 is 34.8 Å². The highest BCUT2D eigenvalue weighted by Crippen LogP contribution is 2.35. The smallest absolute Gasteiger partial charge is 0.343 e. The number of nitrogens with zero attached hydrogens (tertiary/aromatic N) is 2. The molecule has 0 bridgehead atoms. The number of rotatable bonds is 5. The Bertz CT molecular complexity index is 944. The van der Waals surface area contributed by atoms with Crippen LogP contribution in [0.4, 0.5) is 5.69 Å². The van der Waals surface area contributed by atoms with Gasteiger partial charge in [0, 0.05) is 30.8 Å². The molecule has 1 aliphatic heterocycles. The molecule has 2 aromatic rings. The third kappa shape index (κ3) is 5.00. The molecule has 0 aliphatic carbocycles. The van der Waals surface area contributed by atoms with Crippen molar-refractivity contribution >= 4 is 51.5 Å². The molecular weight excluding hydrogens is 511 g/mol. The van der Waals surface area contributed by atoms with Gasteiger partial charge in [-0.25, -0.2) is 4.79 Å². The van der Waals surface area contributed by atoms with Crippen LogP contribution in [-0.4, -0.2) is 54.2 Å². The van der Waals surface area contributed by atoms with Crippen LogP contribution in [0, 0.1) is 13.7 Å². The Hall–Kier alpha value is -2.31. The van der Waals surface area contributed by atoms with Gasteiger partial charge in [0.25, 0.3) is 5.69 Å². The highest BCUT2D eigenvalue weighted by atomic mass is 127. The second kappa shape index (κ2) is 9.46. The number of hydrogen-bond donors (Lipinski definition) is 0. The summed E-state index contributed by atoms with van der Waals surface area (Å²) in [4.78, 5) is 25.4. The van der Waals surface area contributed by atoms with Crippen LogP contribution in [0.2, 0.25) is 0 Å². The summed E-state index contributed by atoms with van der Waals surface area (Å²) in [5, 5.41) is 10.8. The Morgan fingerprint density at radius 3 is 2.45 bits per heavy atom. The Balaban J connectivity index is 1.82. The number of benzene rings is 2. The second-order valence-corrected chi connectivity index (χ2v) is 7.64. The van der Waals surface area contributed by atoms with E-state index in [1.807, 2.05) is 6.07 Å². The van der Waals surface area contributed by atoms with Crippen molar-refractivity contribution in [1.82, 2.24) is 4.90 Å². The summed E-state index contributed by atoms with van der Waals surface area (Å²) in [7, 11) is 1.48. The SMILES string of the molecule is COc1cc(C(=S)N2CCOCC2)cc(I)c1OC(=O)c1ccc([N+](=O)[O-])cc1. The Morgan fingerprint density at radius 1 is 1.21 bits per heavy atom. The molecule has 8 nitrogen and oxygen atoms in total. The van der Waals surface area contributed by atoms with Crippen LogP contribution < -0.4 is 9.47 Å². The first-order valence-corrected chi connectivity index (χ1v) is 10.1. The van der Waals surface area contributed by atoms with E-state index in [0.29, 0.717) is 40.6 Å². The summed E-state index contributed by atoms with van der Waals surface area (Å²) in [6.07, 6.45) is 0. The monoisotopic (exact) mass is 528 g/mol. The van der Waals surface area contributed by atoms with E-state index in [0.717, 1.165) is 5.56 Å². The number of nitro groups is 1. The molecule has 1 saturated heterocycles. The summed E-state index contributed by atoms with van der Waals surface area (Å²) >= 11 is 7.65. The van der Waals surface area contributed by atoms with Gasteiger partial charge in [-0.2, -0.15) is 0 Å². The van der Waals surface area contributed by atoms with Crippen molar-refractivity contribution in [2.45, 2.75) is 0 Å². The fourth-order valence-electron chi connectivity index (χ4n) is 2.76. The zero-order valence-corrected chi connectivity index (χ0v) is 18.4. The molecule has 0 radical (unpaired) electrons. The van der Waals surface area contributed by atoms with E-state index < -0.39 is 10.9 Å². The molecule has 10 heteroatoms. The molecule has 2 aromatic carbocycles. The van der Waals surface area contributed by atoms with Crippen molar-refractivity contribution < 1.29 is 23.9 Å². The van der Waals surface area contributed by atoms with E-state index in [2.05, 4.69) is 27.5 Å². The van der Waals surface area contributed by atoms with Crippen LogP contribution in [0.5, 0.6) is 11.5 Å². The first-order chi connectivity index (χ1) is 13.9. The summed E-state index contributed by atoms with van der Waals surface area (Å²) < 4.78 is 16.9. The number of non-ortho nitro benzene ring substituents is 1. The van der Waals surface area contributed by atoms with Gasteiger partial charge in [-0.1, -0.05) is 12.2 Å². The predicted octanol–water partition coefficient (Wildman–Crippen LogP) is 3.43. The lowest BCUT2D eigenvalue weighted by molar-refractivity contribution is -0.384. The molecule has 0 N–H and O–H groups in total. The lowest BCUT2D eigenvalue weighted by Gasteiger charge is -2.29. The molecule has 1 heterocycles. The van der Waals surface area contributed by atoms with Crippen molar-refractivity contribution in [2.24, 2.45) is 0 Å². The predicted molar refractivity (Wildman–Crippen MR) is 118 cm³/mol. The number of thiocarbonyl (C=S) groups is 1. The highest BCUT2D eigenvalue weighted by molar-refractivity contribution is 14.1. The van der Waals surface area contributed by atoms with Gasteiger partial charge >= 0.3 is 5.97 Å². The minimum Gasteiger partial charge on any atom is -0.493 e. The molecule has 29 heavy (non-hydrogen) atoms. The van der Waals surface area contributed by atoms with Crippen LogP contribution in [0.1, 0.15) is 15.9 Å². The summed E-state index contributed by atoms with van der Waals surface area (Å²) in [6, 6.07) is 8.77. The maximum Gasteiger partial charge on any atom is 0.343 e. The Kier molecular flexibility index (Phi) is 6.98. The molecule has 0 saturated carbocycles. The van der Waals surface area contributed by atoms with Gasteiger partial charge in [0.2, 0.25) is 0 Å². The molecule has 1 fully saturated rings. The van der Waals surface area contributed by atoms with E-state index in [9.17, 15) is 14.9 Å². The van der Waals surface area contributed by atoms with Crippen LogP contribution in [0.15, 0.2) is 36.4 Å². The van der Waals surface area contributed by atoms with Gasteiger partial charge < -0.3 is 19.1 Å². The zero-order chi connectivity index (χ0) is 21.0. The minimum absolute atomic E-state index is 0.102. The number of morpholine rings is 1. The van der Waals surface area contributed by atoms with Gasteiger partial charge in [0.15, 0.2) is 11.5 Å². The number of nitro benzene ring substituents is 1. The summed E-state index contributed by atoms with van der Waals surface area (Å²) in [5.41, 5.74) is 0.884. The third-order valence-electron chi connectivity index (χ3n) is 4.28. The lowest BCUT2D eigenvalue weighted by Crippen LogP contribution is -2.40. The Labute approximate surface area is 186 Å². The maximum absolute atomic E-state index is 12.5. The number of hydrogen-bond acceptors (Lipinski definition) is 7. The molecule has 3 rings (SSSR count). The van der Waals surface area contributed by atoms with Crippen molar-refractivity contribution in [2.75, 3.05) is 33.4 Å². The fourth-order valence-corrected chi connectivity index (χ4v) is 3.77. The molecule has 0 amide bonds. The zero-order valence-electron chi connectivity index (χ0n) is 15.4. The topological polar surface area (TPSA) is 91.1 Å². The molecular formula is C19H17IN2O6S. The lowest BCUT2D eigenvalue weighted by atomic mass is 10.1. The average Bonchev–Trinajstić information content (AvgIpc) is 2.75. The van der Waals surface area contributed by atoms with Crippen LogP contribution in [-0.2, 0) is 4.74 Å². The molecule has 0 unspecified atom stereocenters. The van der Waals surface area contributed by atoms with Crippen molar-refractivity contribution in [3.63, 3.8) is 0 Å². The summed E-state index contributed by atoms with van der Waals surface area (Å²) in [6.45, 7) is 2.68. The van der Waals surface area contributed by atoms with Gasteiger partial charge in [-0.15, -0.1) is 0 Å². The number of esters is 1. The molecule has 1 aliphatic rings. The summed E-state index contributed by atoms with van der Waals surface area (Å²) in [5.74, 6) is 0.00220. The normalized spacial score (nSPS) is 13.7. The number of halogens is 1. The van der Waals surface area contributed by atoms with E-state index in [1.54, 1.807) is 6.07 Å². The van der Waals surface area contributed by atoms with E-state index in [-0.39, 0.29) is 17.0 Å². The van der Waals surface area contributed by atoms with E-state index in [1.165, 1.54) is 31.4 Å². The molecule has 0 aromatic heterocycles. The number of carbonyl (C=O) groups excluding carboxylic acids is 1. The van der Waals surface area contributed by atoms with Crippen LogP contribution in [0.25, 0.3) is 0 Å². The maximum atomic E-state index is 12.5. The van der Waals surface area contributed by atoms with Crippen molar-refractivity contribution in [1.29, 1.82) is 0 Å². The Morgan fingerprint density at radius 2 is 1.86 bits per heavy atom. The minimum atomic E-state index is -0.639. The number of carbonyl (C=O) groups is 1. The fraction of sp³-hybridized carbons (Fsp3) is 0.263. The molecule has 0 spiro atoms. The largest absolute Gasteiger partial charge is 0.493 e. The average molecular weight is 528 g/mol. The van der Waals surface area contributed by atoms with Crippen LogP contribution in [0.3, 0.4) is 0 Å². The van der Waals surface area contributed by atoms with Gasteiger partial charge in [0.1, 0.15) is 4.99 Å². The van der Waals surface area contributed by atoms with Crippen molar-refractivity contribution in [3.8, 4) is 11.5 Å². The first kappa shape index (κ1) is 21.4. The van der Waals surface area contributed by atoms with Gasteiger partial charge in [-0.3, -0.25) is 10.1 Å². The van der Waals surface area contributed by atoms with E-state index >= 15 is 0 Å². The molecule has 152 valence electrons. The quantitative estimate of drug-likeness (QED) is 0.146. The number of ether oxygens (including phenoxy) is 3.